The van der Waals surface area contributed by atoms with Gasteiger partial charge in [-0.25, -0.2) is 4.79 Å². The summed E-state index contributed by atoms with van der Waals surface area (Å²) in [5, 5.41) is 26.9. The summed E-state index contributed by atoms with van der Waals surface area (Å²) >= 11 is 0. The standard InChI is InChI=1S/C16H30O6/c1-2-3-4-5-6-7-8-9-10-11-14(19)22-16(21)15(20)13(18)12-17/h13,15,17-18,20H,2-12H2,1H3/t13-,15+/m1/s1. The maximum Gasteiger partial charge on any atom is 0.345 e. The van der Waals surface area contributed by atoms with E-state index in [0.29, 0.717) is 6.42 Å². The Balaban J connectivity index is 3.56. The second-order valence-electron chi connectivity index (χ2n) is 5.57. The monoisotopic (exact) mass is 318 g/mol. The van der Waals surface area contributed by atoms with Crippen LogP contribution in [0.4, 0.5) is 0 Å². The number of hydrogen-bond acceptors (Lipinski definition) is 6. The molecule has 0 saturated carbocycles. The van der Waals surface area contributed by atoms with Crippen LogP contribution in [0.2, 0.25) is 0 Å². The third-order valence-electron chi connectivity index (χ3n) is 3.49. The van der Waals surface area contributed by atoms with Crippen LogP contribution < -0.4 is 0 Å². The van der Waals surface area contributed by atoms with Crippen molar-refractivity contribution in [2.45, 2.75) is 83.3 Å². The van der Waals surface area contributed by atoms with Crippen LogP contribution in [-0.2, 0) is 14.3 Å². The molecule has 0 saturated heterocycles. The molecule has 0 spiro atoms. The molecule has 0 radical (unpaired) electrons. The number of rotatable bonds is 13. The van der Waals surface area contributed by atoms with E-state index in [9.17, 15) is 14.7 Å². The second-order valence-corrected chi connectivity index (χ2v) is 5.57. The maximum atomic E-state index is 11.4. The van der Waals surface area contributed by atoms with Gasteiger partial charge in [-0.3, -0.25) is 4.79 Å². The minimum Gasteiger partial charge on any atom is -0.394 e. The van der Waals surface area contributed by atoms with E-state index in [0.717, 1.165) is 19.3 Å². The van der Waals surface area contributed by atoms with Crippen molar-refractivity contribution in [1.82, 2.24) is 0 Å². The van der Waals surface area contributed by atoms with Crippen LogP contribution in [0.15, 0.2) is 0 Å². The lowest BCUT2D eigenvalue weighted by Crippen LogP contribution is -2.38. The van der Waals surface area contributed by atoms with Crippen LogP contribution >= 0.6 is 0 Å². The van der Waals surface area contributed by atoms with Gasteiger partial charge in [0, 0.05) is 6.42 Å². The highest BCUT2D eigenvalue weighted by Gasteiger charge is 2.26. The molecule has 22 heavy (non-hydrogen) atoms. The van der Waals surface area contributed by atoms with Gasteiger partial charge in [0.05, 0.1) is 6.61 Å². The summed E-state index contributed by atoms with van der Waals surface area (Å²) < 4.78 is 4.41. The summed E-state index contributed by atoms with van der Waals surface area (Å²) in [4.78, 5) is 22.6. The number of aliphatic hydroxyl groups is 3. The van der Waals surface area contributed by atoms with Crippen molar-refractivity contribution < 1.29 is 29.6 Å². The number of ether oxygens (including phenoxy) is 1. The van der Waals surface area contributed by atoms with Crippen molar-refractivity contribution in [3.05, 3.63) is 0 Å². The fourth-order valence-electron chi connectivity index (χ4n) is 2.06. The van der Waals surface area contributed by atoms with Gasteiger partial charge in [-0.2, -0.15) is 0 Å². The van der Waals surface area contributed by atoms with Gasteiger partial charge >= 0.3 is 11.9 Å². The number of esters is 2. The van der Waals surface area contributed by atoms with Gasteiger partial charge in [0.15, 0.2) is 6.10 Å². The lowest BCUT2D eigenvalue weighted by molar-refractivity contribution is -0.170. The van der Waals surface area contributed by atoms with E-state index in [2.05, 4.69) is 11.7 Å². The molecular formula is C16H30O6. The highest BCUT2D eigenvalue weighted by molar-refractivity contribution is 5.88. The van der Waals surface area contributed by atoms with E-state index < -0.39 is 30.8 Å². The van der Waals surface area contributed by atoms with Crippen LogP contribution in [0.25, 0.3) is 0 Å². The maximum absolute atomic E-state index is 11.4. The normalized spacial score (nSPS) is 13.6. The largest absolute Gasteiger partial charge is 0.394 e. The fourth-order valence-corrected chi connectivity index (χ4v) is 2.06. The Kier molecular flexibility index (Phi) is 13.1. The Bertz CT molecular complexity index is 305. The Hall–Kier alpha value is -0.980. The van der Waals surface area contributed by atoms with Crippen LogP contribution in [-0.4, -0.2) is 46.1 Å². The number of carbonyl (C=O) groups excluding carboxylic acids is 2. The molecule has 0 heterocycles. The summed E-state index contributed by atoms with van der Waals surface area (Å²) in [6.07, 6.45) is 6.63. The molecule has 0 aliphatic heterocycles. The first-order chi connectivity index (χ1) is 10.5. The van der Waals surface area contributed by atoms with Gasteiger partial charge in [-0.15, -0.1) is 0 Å². The Morgan fingerprint density at radius 2 is 1.41 bits per heavy atom. The van der Waals surface area contributed by atoms with Gasteiger partial charge in [0.1, 0.15) is 6.10 Å². The van der Waals surface area contributed by atoms with Crippen molar-refractivity contribution in [3.63, 3.8) is 0 Å². The lowest BCUT2D eigenvalue weighted by Gasteiger charge is -2.13. The zero-order valence-corrected chi connectivity index (χ0v) is 13.5. The van der Waals surface area contributed by atoms with Crippen molar-refractivity contribution >= 4 is 11.9 Å². The lowest BCUT2D eigenvalue weighted by atomic mass is 10.1. The minimum absolute atomic E-state index is 0.115. The molecule has 0 aliphatic carbocycles. The molecular weight excluding hydrogens is 288 g/mol. The average Bonchev–Trinajstić information content (AvgIpc) is 2.51. The van der Waals surface area contributed by atoms with E-state index >= 15 is 0 Å². The van der Waals surface area contributed by atoms with E-state index in [-0.39, 0.29) is 6.42 Å². The highest BCUT2D eigenvalue weighted by Crippen LogP contribution is 2.11. The number of aliphatic hydroxyl groups excluding tert-OH is 3. The molecule has 0 aromatic rings. The minimum atomic E-state index is -1.89. The first-order valence-corrected chi connectivity index (χ1v) is 8.24. The van der Waals surface area contributed by atoms with Crippen LogP contribution in [0, 0.1) is 0 Å². The second kappa shape index (κ2) is 13.7. The first-order valence-electron chi connectivity index (χ1n) is 8.24. The van der Waals surface area contributed by atoms with Crippen molar-refractivity contribution in [2.75, 3.05) is 6.61 Å². The smallest absolute Gasteiger partial charge is 0.345 e. The van der Waals surface area contributed by atoms with E-state index in [1.165, 1.54) is 32.1 Å². The van der Waals surface area contributed by atoms with Crippen LogP contribution in [0.3, 0.4) is 0 Å². The van der Waals surface area contributed by atoms with Gasteiger partial charge in [-0.1, -0.05) is 58.3 Å². The van der Waals surface area contributed by atoms with Crippen LogP contribution in [0.5, 0.6) is 0 Å². The molecule has 6 heteroatoms. The summed E-state index contributed by atoms with van der Waals surface area (Å²) in [5.74, 6) is -1.93. The van der Waals surface area contributed by atoms with Crippen molar-refractivity contribution in [1.29, 1.82) is 0 Å². The molecule has 3 N–H and O–H groups in total. The molecule has 0 fully saturated rings. The molecule has 2 atom stereocenters. The predicted octanol–water partition coefficient (Wildman–Crippen LogP) is 1.69. The number of unbranched alkanes of at least 4 members (excludes halogenated alkanes) is 8. The van der Waals surface area contributed by atoms with E-state index in [1.807, 2.05) is 0 Å². The van der Waals surface area contributed by atoms with E-state index in [1.54, 1.807) is 0 Å². The van der Waals surface area contributed by atoms with Gasteiger partial charge in [-0.05, 0) is 6.42 Å². The summed E-state index contributed by atoms with van der Waals surface area (Å²) in [7, 11) is 0. The molecule has 0 aromatic heterocycles. The molecule has 0 aromatic carbocycles. The van der Waals surface area contributed by atoms with Crippen molar-refractivity contribution in [2.24, 2.45) is 0 Å². The third-order valence-corrected chi connectivity index (χ3v) is 3.49. The van der Waals surface area contributed by atoms with Gasteiger partial charge in [0.2, 0.25) is 0 Å². The Labute approximate surface area is 132 Å². The summed E-state index contributed by atoms with van der Waals surface area (Å²) in [6.45, 7) is 1.41. The van der Waals surface area contributed by atoms with E-state index in [4.69, 9.17) is 10.2 Å². The first kappa shape index (κ1) is 21.0. The number of carbonyl (C=O) groups is 2. The van der Waals surface area contributed by atoms with Crippen molar-refractivity contribution in [3.8, 4) is 0 Å². The molecule has 0 amide bonds. The zero-order valence-electron chi connectivity index (χ0n) is 13.5. The predicted molar refractivity (Wildman–Crippen MR) is 82.0 cm³/mol. The topological polar surface area (TPSA) is 104 Å². The molecule has 0 aliphatic rings. The quantitative estimate of drug-likeness (QED) is 0.271. The molecule has 0 bridgehead atoms. The van der Waals surface area contributed by atoms with Gasteiger partial charge < -0.3 is 20.1 Å². The molecule has 130 valence electrons. The summed E-state index contributed by atoms with van der Waals surface area (Å²) in [5.41, 5.74) is 0. The third kappa shape index (κ3) is 10.7. The zero-order chi connectivity index (χ0) is 16.8. The Morgan fingerprint density at radius 3 is 1.91 bits per heavy atom. The molecule has 0 unspecified atom stereocenters. The molecule has 0 rings (SSSR count). The Morgan fingerprint density at radius 1 is 0.909 bits per heavy atom. The summed E-state index contributed by atoms with van der Waals surface area (Å²) in [6, 6.07) is 0. The SMILES string of the molecule is CCCCCCCCCCCC(=O)OC(=O)[C@@H](O)[C@H](O)CO. The molecule has 6 nitrogen and oxygen atoms in total. The average molecular weight is 318 g/mol. The van der Waals surface area contributed by atoms with Crippen LogP contribution in [0.1, 0.15) is 71.1 Å². The highest BCUT2D eigenvalue weighted by atomic mass is 16.6. The number of hydrogen-bond donors (Lipinski definition) is 3. The fraction of sp³-hybridized carbons (Fsp3) is 0.875. The van der Waals surface area contributed by atoms with Gasteiger partial charge in [0.25, 0.3) is 0 Å².